The molecule has 2 amide bonds. The normalized spacial score (nSPS) is 10.5. The number of aromatic nitrogens is 1. The van der Waals surface area contributed by atoms with Crippen LogP contribution in [0.2, 0.25) is 0 Å². The lowest BCUT2D eigenvalue weighted by Gasteiger charge is -2.19. The van der Waals surface area contributed by atoms with Crippen LogP contribution < -0.4 is 20.8 Å². The number of nitrogens with one attached hydrogen (secondary N) is 2. The molecule has 4 aromatic rings. The van der Waals surface area contributed by atoms with Crippen LogP contribution in [-0.4, -0.2) is 29.5 Å². The van der Waals surface area contributed by atoms with E-state index in [4.69, 9.17) is 9.47 Å². The van der Waals surface area contributed by atoms with Gasteiger partial charge in [0.15, 0.2) is 11.4 Å². The molecular formula is C31H27F2N3O6. The van der Waals surface area contributed by atoms with Gasteiger partial charge >= 0.3 is 5.97 Å². The Morgan fingerprint density at radius 2 is 1.31 bits per heavy atom. The minimum atomic E-state index is -0.879. The number of carbonyl (C=O) groups is 3. The molecule has 11 heteroatoms. The van der Waals surface area contributed by atoms with Gasteiger partial charge in [-0.05, 0) is 41.0 Å². The van der Waals surface area contributed by atoms with Crippen molar-refractivity contribution in [1.29, 1.82) is 0 Å². The smallest absolute Gasteiger partial charge is 0.325 e. The van der Waals surface area contributed by atoms with Crippen molar-refractivity contribution < 1.29 is 32.6 Å². The largest absolute Gasteiger partial charge is 0.483 e. The Bertz CT molecular complexity index is 1620. The lowest BCUT2D eigenvalue weighted by atomic mass is 10.1. The monoisotopic (exact) mass is 575 g/mol. The summed E-state index contributed by atoms with van der Waals surface area (Å²) < 4.78 is 38.3. The highest BCUT2D eigenvalue weighted by molar-refractivity contribution is 5.99. The molecule has 1 aromatic heterocycles. The molecule has 9 nitrogen and oxygen atoms in total. The lowest BCUT2D eigenvalue weighted by Crippen LogP contribution is -2.35. The van der Waals surface area contributed by atoms with Crippen LogP contribution in [0.3, 0.4) is 0 Å². The molecule has 0 unspecified atom stereocenters. The van der Waals surface area contributed by atoms with Crippen molar-refractivity contribution in [2.24, 2.45) is 0 Å². The van der Waals surface area contributed by atoms with E-state index in [1.54, 1.807) is 30.3 Å². The molecule has 42 heavy (non-hydrogen) atoms. The third kappa shape index (κ3) is 7.66. The Morgan fingerprint density at radius 1 is 0.762 bits per heavy atom. The zero-order chi connectivity index (χ0) is 30.1. The number of pyridine rings is 1. The van der Waals surface area contributed by atoms with E-state index in [9.17, 15) is 28.0 Å². The molecule has 0 saturated heterocycles. The molecule has 4 rings (SSSR count). The van der Waals surface area contributed by atoms with Crippen LogP contribution in [0.4, 0.5) is 8.78 Å². The predicted molar refractivity (Wildman–Crippen MR) is 149 cm³/mol. The van der Waals surface area contributed by atoms with Gasteiger partial charge in [-0.1, -0.05) is 54.6 Å². The molecule has 0 aliphatic carbocycles. The Kier molecular flexibility index (Phi) is 9.77. The molecule has 0 aliphatic rings. The van der Waals surface area contributed by atoms with Gasteiger partial charge in [0.05, 0.1) is 7.11 Å². The van der Waals surface area contributed by atoms with Crippen LogP contribution in [0.25, 0.3) is 0 Å². The molecule has 0 aliphatic heterocycles. The number of esters is 1. The highest BCUT2D eigenvalue weighted by atomic mass is 19.1. The molecule has 0 saturated carbocycles. The fourth-order valence-corrected chi connectivity index (χ4v) is 3.97. The first-order valence-electron chi connectivity index (χ1n) is 12.8. The van der Waals surface area contributed by atoms with E-state index in [-0.39, 0.29) is 31.0 Å². The third-order valence-corrected chi connectivity index (χ3v) is 6.18. The van der Waals surface area contributed by atoms with Gasteiger partial charge in [-0.25, -0.2) is 8.78 Å². The number of halogens is 2. The van der Waals surface area contributed by atoms with E-state index < -0.39 is 47.1 Å². The van der Waals surface area contributed by atoms with Crippen molar-refractivity contribution in [2.45, 2.75) is 26.2 Å². The van der Waals surface area contributed by atoms with Crippen molar-refractivity contribution in [1.82, 2.24) is 15.2 Å². The molecule has 0 bridgehead atoms. The summed E-state index contributed by atoms with van der Waals surface area (Å²) >= 11 is 0. The van der Waals surface area contributed by atoms with Crippen LogP contribution in [0.1, 0.15) is 37.5 Å². The molecule has 3 aromatic carbocycles. The maximum atomic E-state index is 13.6. The first-order valence-corrected chi connectivity index (χ1v) is 12.8. The second-order valence-electron chi connectivity index (χ2n) is 9.15. The summed E-state index contributed by atoms with van der Waals surface area (Å²) in [5.74, 6) is -3.66. The third-order valence-electron chi connectivity index (χ3n) is 6.18. The Morgan fingerprint density at radius 3 is 1.86 bits per heavy atom. The zero-order valence-corrected chi connectivity index (χ0v) is 22.6. The number of benzene rings is 3. The summed E-state index contributed by atoms with van der Waals surface area (Å²) in [6.07, 6.45) is 1.08. The lowest BCUT2D eigenvalue weighted by molar-refractivity contribution is -0.141. The van der Waals surface area contributed by atoms with Crippen LogP contribution >= 0.6 is 0 Å². The predicted octanol–water partition coefficient (Wildman–Crippen LogP) is 3.74. The minimum absolute atomic E-state index is 0.0182. The van der Waals surface area contributed by atoms with Gasteiger partial charge in [-0.15, -0.1) is 0 Å². The van der Waals surface area contributed by atoms with Crippen LogP contribution in [0, 0.1) is 11.6 Å². The summed E-state index contributed by atoms with van der Waals surface area (Å²) in [6.45, 7) is -0.678. The second kappa shape index (κ2) is 13.8. The van der Waals surface area contributed by atoms with Gasteiger partial charge in [-0.3, -0.25) is 19.2 Å². The van der Waals surface area contributed by atoms with E-state index >= 15 is 0 Å². The number of hydrogen-bond donors (Lipinski definition) is 2. The molecule has 216 valence electrons. The van der Waals surface area contributed by atoms with Gasteiger partial charge < -0.3 is 24.7 Å². The molecule has 1 heterocycles. The van der Waals surface area contributed by atoms with E-state index in [1.165, 1.54) is 48.5 Å². The summed E-state index contributed by atoms with van der Waals surface area (Å²) in [6, 6.07) is 19.7. The number of amides is 2. The number of hydrogen-bond acceptors (Lipinski definition) is 6. The van der Waals surface area contributed by atoms with Gasteiger partial charge in [0.2, 0.25) is 5.43 Å². The number of ether oxygens (including phenoxy) is 2. The van der Waals surface area contributed by atoms with Gasteiger partial charge in [0.1, 0.15) is 30.3 Å². The average molecular weight is 576 g/mol. The van der Waals surface area contributed by atoms with Crippen LogP contribution in [0.15, 0.2) is 89.9 Å². The SMILES string of the molecule is COC(=O)Cn1cc(C(=O)NCc2ccc(F)cc2)c(=O)c(OCc2ccccc2)c1C(=O)NCc1ccc(F)cc1. The minimum Gasteiger partial charge on any atom is -0.483 e. The van der Waals surface area contributed by atoms with Gasteiger partial charge in [-0.2, -0.15) is 0 Å². The molecule has 0 fully saturated rings. The van der Waals surface area contributed by atoms with Crippen molar-refractivity contribution in [2.75, 3.05) is 7.11 Å². The van der Waals surface area contributed by atoms with Gasteiger partial charge in [0.25, 0.3) is 11.8 Å². The zero-order valence-electron chi connectivity index (χ0n) is 22.6. The average Bonchev–Trinajstić information content (AvgIpc) is 3.00. The summed E-state index contributed by atoms with van der Waals surface area (Å²) in [7, 11) is 1.16. The maximum absolute atomic E-state index is 13.6. The first-order chi connectivity index (χ1) is 20.2. The number of carbonyl (C=O) groups excluding carboxylic acids is 3. The maximum Gasteiger partial charge on any atom is 0.325 e. The second-order valence-corrected chi connectivity index (χ2v) is 9.15. The number of rotatable bonds is 11. The van der Waals surface area contributed by atoms with Crippen molar-refractivity contribution in [3.05, 3.63) is 135 Å². The van der Waals surface area contributed by atoms with Crippen molar-refractivity contribution in [3.8, 4) is 5.75 Å². The highest BCUT2D eigenvalue weighted by Crippen LogP contribution is 2.19. The quantitative estimate of drug-likeness (QED) is 0.264. The van der Waals surface area contributed by atoms with Crippen LogP contribution in [-0.2, 0) is 35.8 Å². The summed E-state index contributed by atoms with van der Waals surface area (Å²) in [5.41, 5.74) is 0.265. The van der Waals surface area contributed by atoms with E-state index in [0.717, 1.165) is 17.9 Å². The topological polar surface area (TPSA) is 116 Å². The first kappa shape index (κ1) is 29.7. The standard InChI is InChI=1S/C31H27F2N3O6/c1-41-26(37)18-36-17-25(30(39)34-15-20-7-11-23(32)12-8-20)28(38)29(42-19-22-5-3-2-4-6-22)27(36)31(40)35-16-21-9-13-24(33)14-10-21/h2-14,17H,15-16,18-19H2,1H3,(H,34,39)(H,35,40). The van der Waals surface area contributed by atoms with E-state index in [0.29, 0.717) is 16.7 Å². The molecule has 2 N–H and O–H groups in total. The van der Waals surface area contributed by atoms with Gasteiger partial charge in [0, 0.05) is 19.3 Å². The Labute approximate surface area is 239 Å². The Hall–Kier alpha value is -5.32. The molecule has 0 spiro atoms. The Balaban J connectivity index is 1.72. The van der Waals surface area contributed by atoms with E-state index in [2.05, 4.69) is 10.6 Å². The molecule has 0 atom stereocenters. The fraction of sp³-hybridized carbons (Fsp3) is 0.161. The van der Waals surface area contributed by atoms with Crippen molar-refractivity contribution in [3.63, 3.8) is 0 Å². The summed E-state index contributed by atoms with van der Waals surface area (Å²) in [4.78, 5) is 52.6. The molecular weight excluding hydrogens is 548 g/mol. The summed E-state index contributed by atoms with van der Waals surface area (Å²) in [5, 5.41) is 5.24. The number of nitrogens with zero attached hydrogens (tertiary/aromatic N) is 1. The fourth-order valence-electron chi connectivity index (χ4n) is 3.97. The number of methoxy groups -OCH3 is 1. The highest BCUT2D eigenvalue weighted by Gasteiger charge is 2.27. The van der Waals surface area contributed by atoms with E-state index in [1.807, 2.05) is 0 Å². The van der Waals surface area contributed by atoms with Crippen molar-refractivity contribution >= 4 is 17.8 Å². The van der Waals surface area contributed by atoms with Crippen LogP contribution in [0.5, 0.6) is 5.75 Å². The molecule has 0 radical (unpaired) electrons.